The monoisotopic (exact) mass is 288 g/mol. The van der Waals surface area contributed by atoms with Gasteiger partial charge < -0.3 is 0 Å². The lowest BCUT2D eigenvalue weighted by Gasteiger charge is -2.35. The number of hydrogen-bond acceptors (Lipinski definition) is 4. The smallest absolute Gasteiger partial charge is 0.229 e. The quantitative estimate of drug-likeness (QED) is 0.739. The van der Waals surface area contributed by atoms with Gasteiger partial charge in [-0.25, -0.2) is 16.8 Å². The fraction of sp³-hybridized carbons (Fsp3) is 1.00. The van der Waals surface area contributed by atoms with Gasteiger partial charge in [0.15, 0.2) is 9.84 Å². The van der Waals surface area contributed by atoms with Crippen molar-refractivity contribution in [3.05, 3.63) is 0 Å². The molecule has 0 bridgehead atoms. The molecule has 1 saturated carbocycles. The minimum absolute atomic E-state index is 0.00248. The van der Waals surface area contributed by atoms with Crippen molar-refractivity contribution in [1.82, 2.24) is 0 Å². The van der Waals surface area contributed by atoms with Gasteiger partial charge in [-0.1, -0.05) is 0 Å². The van der Waals surface area contributed by atoms with Gasteiger partial charge in [-0.2, -0.15) is 0 Å². The van der Waals surface area contributed by atoms with Crippen LogP contribution in [-0.2, 0) is 18.9 Å². The van der Waals surface area contributed by atoms with Crippen molar-refractivity contribution in [2.24, 2.45) is 5.92 Å². The highest BCUT2D eigenvalue weighted by Crippen LogP contribution is 2.37. The molecule has 1 aliphatic carbocycles. The lowest BCUT2D eigenvalue weighted by atomic mass is 9.83. The number of sulfone groups is 1. The maximum Gasteiger partial charge on any atom is 0.232 e. The van der Waals surface area contributed by atoms with E-state index in [9.17, 15) is 16.8 Å². The Hall–Kier alpha value is 0.190. The fourth-order valence-corrected chi connectivity index (χ4v) is 4.52. The van der Waals surface area contributed by atoms with Crippen LogP contribution in [0, 0.1) is 5.92 Å². The first kappa shape index (κ1) is 14.3. The SMILES string of the molecule is CC1(S(C)(=O)=O)CCC(CS(=O)(=O)Cl)CC1. The van der Waals surface area contributed by atoms with Crippen LogP contribution in [0.2, 0.25) is 0 Å². The van der Waals surface area contributed by atoms with E-state index in [1.54, 1.807) is 6.92 Å². The van der Waals surface area contributed by atoms with E-state index in [2.05, 4.69) is 0 Å². The van der Waals surface area contributed by atoms with E-state index in [-0.39, 0.29) is 11.7 Å². The lowest BCUT2D eigenvalue weighted by molar-refractivity contribution is 0.323. The summed E-state index contributed by atoms with van der Waals surface area (Å²) in [5.41, 5.74) is 0. The summed E-state index contributed by atoms with van der Waals surface area (Å²) in [7, 11) is -1.37. The Morgan fingerprint density at radius 3 is 1.94 bits per heavy atom. The van der Waals surface area contributed by atoms with E-state index in [0.29, 0.717) is 25.7 Å². The molecular weight excluding hydrogens is 272 g/mol. The molecule has 96 valence electrons. The van der Waals surface area contributed by atoms with Gasteiger partial charge in [0.2, 0.25) is 9.05 Å². The molecule has 0 atom stereocenters. The first-order valence-electron chi connectivity index (χ1n) is 5.15. The molecule has 0 spiro atoms. The van der Waals surface area contributed by atoms with Crippen LogP contribution in [0.1, 0.15) is 32.6 Å². The average molecular weight is 289 g/mol. The van der Waals surface area contributed by atoms with Crippen LogP contribution in [0.25, 0.3) is 0 Å². The van der Waals surface area contributed by atoms with Crippen LogP contribution in [0.5, 0.6) is 0 Å². The van der Waals surface area contributed by atoms with Crippen molar-refractivity contribution in [2.75, 3.05) is 12.0 Å². The second kappa shape index (κ2) is 4.46. The van der Waals surface area contributed by atoms with Crippen molar-refractivity contribution in [1.29, 1.82) is 0 Å². The Labute approximate surface area is 102 Å². The third-order valence-electron chi connectivity index (χ3n) is 3.49. The third kappa shape index (κ3) is 3.60. The van der Waals surface area contributed by atoms with Crippen LogP contribution in [0.4, 0.5) is 0 Å². The molecule has 0 aliphatic heterocycles. The Kier molecular flexibility index (Phi) is 3.97. The van der Waals surface area contributed by atoms with E-state index in [4.69, 9.17) is 10.7 Å². The highest BCUT2D eigenvalue weighted by molar-refractivity contribution is 8.13. The molecule has 0 aromatic heterocycles. The predicted octanol–water partition coefficient (Wildman–Crippen LogP) is 1.55. The zero-order valence-corrected chi connectivity index (χ0v) is 11.8. The van der Waals surface area contributed by atoms with Gasteiger partial charge in [-0.05, 0) is 38.5 Å². The normalized spacial score (nSPS) is 32.6. The summed E-state index contributed by atoms with van der Waals surface area (Å²) in [6, 6.07) is 0. The van der Waals surface area contributed by atoms with Crippen molar-refractivity contribution in [3.8, 4) is 0 Å². The van der Waals surface area contributed by atoms with Crippen molar-refractivity contribution >= 4 is 29.6 Å². The predicted molar refractivity (Wildman–Crippen MR) is 64.8 cm³/mol. The van der Waals surface area contributed by atoms with Gasteiger partial charge in [0, 0.05) is 16.9 Å². The summed E-state index contributed by atoms with van der Waals surface area (Å²) in [6.45, 7) is 1.73. The largest absolute Gasteiger partial charge is 0.232 e. The second-order valence-electron chi connectivity index (χ2n) is 4.87. The average Bonchev–Trinajstić information content (AvgIpc) is 2.05. The van der Waals surface area contributed by atoms with Gasteiger partial charge >= 0.3 is 0 Å². The van der Waals surface area contributed by atoms with E-state index < -0.39 is 23.6 Å². The molecule has 0 aromatic carbocycles. The molecule has 0 aromatic rings. The molecule has 0 heterocycles. The highest BCUT2D eigenvalue weighted by atomic mass is 35.7. The Balaban J connectivity index is 2.65. The number of hydrogen-bond donors (Lipinski definition) is 0. The third-order valence-corrected chi connectivity index (χ3v) is 6.94. The molecule has 1 rings (SSSR count). The fourth-order valence-electron chi connectivity index (χ4n) is 2.11. The van der Waals surface area contributed by atoms with E-state index in [1.165, 1.54) is 6.26 Å². The minimum atomic E-state index is -3.47. The van der Waals surface area contributed by atoms with Gasteiger partial charge in [0.25, 0.3) is 0 Å². The molecule has 4 nitrogen and oxygen atoms in total. The molecule has 16 heavy (non-hydrogen) atoms. The molecule has 7 heteroatoms. The zero-order chi connectivity index (χ0) is 12.6. The van der Waals surface area contributed by atoms with Gasteiger partial charge in [-0.15, -0.1) is 0 Å². The summed E-state index contributed by atoms with van der Waals surface area (Å²) in [6.07, 6.45) is 3.49. The zero-order valence-electron chi connectivity index (χ0n) is 9.44. The van der Waals surface area contributed by atoms with Crippen LogP contribution < -0.4 is 0 Å². The number of rotatable bonds is 3. The molecule has 1 aliphatic rings. The molecule has 0 unspecified atom stereocenters. The summed E-state index contributed by atoms with van der Waals surface area (Å²) >= 11 is 0. The first-order valence-corrected chi connectivity index (χ1v) is 9.52. The Morgan fingerprint density at radius 1 is 1.19 bits per heavy atom. The molecule has 1 fully saturated rings. The summed E-state index contributed by atoms with van der Waals surface area (Å²) < 4.78 is 44.2. The van der Waals surface area contributed by atoms with Crippen LogP contribution in [0.15, 0.2) is 0 Å². The molecule has 0 amide bonds. The van der Waals surface area contributed by atoms with Crippen LogP contribution in [-0.4, -0.2) is 33.6 Å². The molecule has 0 radical (unpaired) electrons. The van der Waals surface area contributed by atoms with Gasteiger partial charge in [0.05, 0.1) is 10.5 Å². The topological polar surface area (TPSA) is 68.3 Å². The summed E-state index contributed by atoms with van der Waals surface area (Å²) in [4.78, 5) is 0. The molecular formula is C9H17ClO4S2. The van der Waals surface area contributed by atoms with E-state index in [1.807, 2.05) is 0 Å². The first-order chi connectivity index (χ1) is 7.04. The standard InChI is InChI=1S/C9H17ClO4S2/c1-9(15(2,11)12)5-3-8(4-6-9)7-16(10,13)14/h8H,3-7H2,1-2H3. The number of halogens is 1. The van der Waals surface area contributed by atoms with Gasteiger partial charge in [0.1, 0.15) is 0 Å². The maximum atomic E-state index is 11.6. The van der Waals surface area contributed by atoms with Crippen LogP contribution in [0.3, 0.4) is 0 Å². The maximum absolute atomic E-state index is 11.6. The van der Waals surface area contributed by atoms with Gasteiger partial charge in [-0.3, -0.25) is 0 Å². The Bertz CT molecular complexity index is 444. The summed E-state index contributed by atoms with van der Waals surface area (Å²) in [5.74, 6) is -0.0497. The van der Waals surface area contributed by atoms with Crippen LogP contribution >= 0.6 is 10.7 Å². The van der Waals surface area contributed by atoms with Crippen molar-refractivity contribution in [3.63, 3.8) is 0 Å². The molecule has 0 N–H and O–H groups in total. The van der Waals surface area contributed by atoms with E-state index in [0.717, 1.165) is 0 Å². The second-order valence-corrected chi connectivity index (χ2v) is 10.2. The Morgan fingerprint density at radius 2 is 1.62 bits per heavy atom. The lowest BCUT2D eigenvalue weighted by Crippen LogP contribution is -2.39. The summed E-state index contributed by atoms with van der Waals surface area (Å²) in [5, 5.41) is 0. The molecule has 0 saturated heterocycles. The minimum Gasteiger partial charge on any atom is -0.229 e. The highest BCUT2D eigenvalue weighted by Gasteiger charge is 2.40. The van der Waals surface area contributed by atoms with Crippen molar-refractivity contribution in [2.45, 2.75) is 37.4 Å². The van der Waals surface area contributed by atoms with Crippen molar-refractivity contribution < 1.29 is 16.8 Å². The van der Waals surface area contributed by atoms with E-state index >= 15 is 0 Å².